The minimum absolute atomic E-state index is 0.00628. The molecule has 1 amide bonds. The van der Waals surface area contributed by atoms with Gasteiger partial charge >= 0.3 is 0 Å². The fourth-order valence-electron chi connectivity index (χ4n) is 1.38. The molecule has 0 spiro atoms. The van der Waals surface area contributed by atoms with Gasteiger partial charge in [-0.1, -0.05) is 11.8 Å². The first kappa shape index (κ1) is 17.0. The second-order valence-corrected chi connectivity index (χ2v) is 5.53. The third kappa shape index (κ3) is 4.78. The van der Waals surface area contributed by atoms with Crippen LogP contribution in [0.4, 0.5) is 8.78 Å². The lowest BCUT2D eigenvalue weighted by molar-refractivity contribution is -0.116. The van der Waals surface area contributed by atoms with Crippen LogP contribution in [0.3, 0.4) is 0 Å². The van der Waals surface area contributed by atoms with Crippen LogP contribution >= 0.6 is 0 Å². The number of rotatable bonds is 5. The van der Waals surface area contributed by atoms with E-state index in [9.17, 15) is 22.0 Å². The molecule has 0 aliphatic rings. The Bertz CT molecular complexity index is 708. The van der Waals surface area contributed by atoms with E-state index in [0.717, 1.165) is 6.07 Å². The van der Waals surface area contributed by atoms with Gasteiger partial charge < -0.3 is 10.8 Å². The SMILES string of the molecule is NC(=O)CNS(=O)(=O)c1c(F)cc(F)cc1C#CCCO. The summed E-state index contributed by atoms with van der Waals surface area (Å²) < 4.78 is 52.6. The smallest absolute Gasteiger partial charge is 0.245 e. The number of nitrogens with two attached hydrogens (primary N) is 1. The van der Waals surface area contributed by atoms with Gasteiger partial charge in [-0.05, 0) is 6.07 Å². The molecule has 9 heteroatoms. The molecule has 0 saturated carbocycles. The maximum absolute atomic E-state index is 13.7. The lowest BCUT2D eigenvalue weighted by atomic mass is 10.2. The molecule has 0 fully saturated rings. The lowest BCUT2D eigenvalue weighted by Crippen LogP contribution is -2.34. The van der Waals surface area contributed by atoms with Crippen LogP contribution < -0.4 is 10.5 Å². The lowest BCUT2D eigenvalue weighted by Gasteiger charge is -2.08. The Hall–Kier alpha value is -2.02. The number of primary amides is 1. The summed E-state index contributed by atoms with van der Waals surface area (Å²) in [6.45, 7) is -1.02. The normalized spacial score (nSPS) is 10.8. The van der Waals surface area contributed by atoms with Crippen molar-refractivity contribution in [2.45, 2.75) is 11.3 Å². The van der Waals surface area contributed by atoms with Crippen LogP contribution in [-0.4, -0.2) is 32.6 Å². The van der Waals surface area contributed by atoms with Crippen molar-refractivity contribution in [3.8, 4) is 11.8 Å². The summed E-state index contributed by atoms with van der Waals surface area (Å²) in [6.07, 6.45) is 0.00628. The first-order valence-electron chi connectivity index (χ1n) is 5.64. The van der Waals surface area contributed by atoms with Crippen LogP contribution in [0, 0.1) is 23.5 Å². The number of hydrogen-bond donors (Lipinski definition) is 3. The Balaban J connectivity index is 3.34. The number of benzene rings is 1. The molecular weight excluding hydrogens is 306 g/mol. The van der Waals surface area contributed by atoms with Crippen LogP contribution in [-0.2, 0) is 14.8 Å². The Morgan fingerprint density at radius 3 is 2.62 bits per heavy atom. The molecule has 0 aliphatic heterocycles. The standard InChI is InChI=1S/C12H12F2N2O4S/c13-9-5-8(3-1-2-4-17)12(10(14)6-9)21(19,20)16-7-11(15)18/h5-6,16-17H,2,4,7H2,(H2,15,18). The summed E-state index contributed by atoms with van der Waals surface area (Å²) in [5, 5.41) is 8.60. The summed E-state index contributed by atoms with van der Waals surface area (Å²) >= 11 is 0. The van der Waals surface area contributed by atoms with Crippen LogP contribution in [0.25, 0.3) is 0 Å². The van der Waals surface area contributed by atoms with Gasteiger partial charge in [0.2, 0.25) is 15.9 Å². The molecule has 0 bridgehead atoms. The molecular formula is C12H12F2N2O4S. The van der Waals surface area contributed by atoms with Crippen LogP contribution in [0.1, 0.15) is 12.0 Å². The molecule has 114 valence electrons. The third-order valence-electron chi connectivity index (χ3n) is 2.17. The van der Waals surface area contributed by atoms with Gasteiger partial charge in [0.15, 0.2) is 0 Å². The van der Waals surface area contributed by atoms with E-state index in [2.05, 4.69) is 11.8 Å². The molecule has 21 heavy (non-hydrogen) atoms. The molecule has 4 N–H and O–H groups in total. The Morgan fingerprint density at radius 1 is 1.38 bits per heavy atom. The second-order valence-electron chi connectivity index (χ2n) is 3.83. The van der Waals surface area contributed by atoms with E-state index < -0.39 is 44.6 Å². The zero-order valence-corrected chi connectivity index (χ0v) is 11.5. The Labute approximate surface area is 120 Å². The fraction of sp³-hybridized carbons (Fsp3) is 0.250. The number of carbonyl (C=O) groups excluding carboxylic acids is 1. The number of aliphatic hydroxyl groups is 1. The molecule has 0 unspecified atom stereocenters. The first-order chi connectivity index (χ1) is 9.77. The monoisotopic (exact) mass is 318 g/mol. The zero-order chi connectivity index (χ0) is 16.0. The Kier molecular flexibility index (Phi) is 5.78. The molecule has 0 atom stereocenters. The summed E-state index contributed by atoms with van der Waals surface area (Å²) in [5.41, 5.74) is 4.38. The van der Waals surface area contributed by atoms with Crippen molar-refractivity contribution in [3.63, 3.8) is 0 Å². The van der Waals surface area contributed by atoms with Crippen molar-refractivity contribution in [1.82, 2.24) is 4.72 Å². The molecule has 1 rings (SSSR count). The molecule has 1 aromatic rings. The number of sulfonamides is 1. The van der Waals surface area contributed by atoms with Gasteiger partial charge in [-0.2, -0.15) is 0 Å². The molecule has 0 radical (unpaired) electrons. The highest BCUT2D eigenvalue weighted by Crippen LogP contribution is 2.20. The molecule has 0 heterocycles. The van der Waals surface area contributed by atoms with Gasteiger partial charge in [0.25, 0.3) is 0 Å². The van der Waals surface area contributed by atoms with Crippen molar-refractivity contribution in [1.29, 1.82) is 0 Å². The molecule has 0 aliphatic carbocycles. The fourth-order valence-corrected chi connectivity index (χ4v) is 2.57. The number of carbonyl (C=O) groups is 1. The predicted octanol–water partition coefficient (Wildman–Crippen LogP) is -0.538. The summed E-state index contributed by atoms with van der Waals surface area (Å²) in [6, 6.07) is 1.13. The molecule has 0 aromatic heterocycles. The van der Waals surface area contributed by atoms with E-state index in [0.29, 0.717) is 6.07 Å². The number of aliphatic hydroxyl groups excluding tert-OH is 1. The van der Waals surface area contributed by atoms with Gasteiger partial charge in [-0.3, -0.25) is 4.79 Å². The van der Waals surface area contributed by atoms with E-state index in [1.807, 2.05) is 0 Å². The van der Waals surface area contributed by atoms with Gasteiger partial charge in [-0.15, -0.1) is 0 Å². The quantitative estimate of drug-likeness (QED) is 0.634. The maximum atomic E-state index is 13.7. The van der Waals surface area contributed by atoms with Crippen molar-refractivity contribution >= 4 is 15.9 Å². The minimum Gasteiger partial charge on any atom is -0.395 e. The van der Waals surface area contributed by atoms with Gasteiger partial charge in [-0.25, -0.2) is 21.9 Å². The highest BCUT2D eigenvalue weighted by Gasteiger charge is 2.24. The van der Waals surface area contributed by atoms with Gasteiger partial charge in [0.1, 0.15) is 16.5 Å². The van der Waals surface area contributed by atoms with E-state index in [4.69, 9.17) is 10.8 Å². The number of hydrogen-bond acceptors (Lipinski definition) is 4. The maximum Gasteiger partial charge on any atom is 0.245 e. The minimum atomic E-state index is -4.43. The second kappa shape index (κ2) is 7.12. The van der Waals surface area contributed by atoms with E-state index >= 15 is 0 Å². The zero-order valence-electron chi connectivity index (χ0n) is 10.7. The van der Waals surface area contributed by atoms with E-state index in [1.165, 1.54) is 0 Å². The topological polar surface area (TPSA) is 109 Å². The van der Waals surface area contributed by atoms with Gasteiger partial charge in [0, 0.05) is 12.5 Å². The van der Waals surface area contributed by atoms with E-state index in [-0.39, 0.29) is 13.0 Å². The summed E-state index contributed by atoms with van der Waals surface area (Å²) in [5.74, 6) is 1.31. The molecule has 6 nitrogen and oxygen atoms in total. The van der Waals surface area contributed by atoms with Crippen LogP contribution in [0.2, 0.25) is 0 Å². The predicted molar refractivity (Wildman–Crippen MR) is 69.3 cm³/mol. The highest BCUT2D eigenvalue weighted by atomic mass is 32.2. The highest BCUT2D eigenvalue weighted by molar-refractivity contribution is 7.89. The van der Waals surface area contributed by atoms with Crippen molar-refractivity contribution in [2.75, 3.05) is 13.2 Å². The number of nitrogens with one attached hydrogen (secondary N) is 1. The average molecular weight is 318 g/mol. The molecule has 0 saturated heterocycles. The summed E-state index contributed by atoms with van der Waals surface area (Å²) in [4.78, 5) is 9.72. The van der Waals surface area contributed by atoms with Crippen LogP contribution in [0.5, 0.6) is 0 Å². The number of halogens is 2. The van der Waals surface area contributed by atoms with Crippen molar-refractivity contribution in [2.24, 2.45) is 5.73 Å². The largest absolute Gasteiger partial charge is 0.395 e. The van der Waals surface area contributed by atoms with Crippen LogP contribution in [0.15, 0.2) is 17.0 Å². The third-order valence-corrected chi connectivity index (χ3v) is 3.65. The average Bonchev–Trinajstić information content (AvgIpc) is 2.35. The first-order valence-corrected chi connectivity index (χ1v) is 7.13. The van der Waals surface area contributed by atoms with Gasteiger partial charge in [0.05, 0.1) is 18.7 Å². The molecule has 1 aromatic carbocycles. The van der Waals surface area contributed by atoms with Crippen molar-refractivity contribution < 1.29 is 27.1 Å². The van der Waals surface area contributed by atoms with E-state index in [1.54, 1.807) is 4.72 Å². The van der Waals surface area contributed by atoms with Crippen molar-refractivity contribution in [3.05, 3.63) is 29.3 Å². The Morgan fingerprint density at radius 2 is 2.05 bits per heavy atom. The number of amides is 1. The summed E-state index contributed by atoms with van der Waals surface area (Å²) in [7, 11) is -4.43.